The molecule has 0 fully saturated rings. The zero-order valence-electron chi connectivity index (χ0n) is 18.1. The second kappa shape index (κ2) is 8.51. The van der Waals surface area contributed by atoms with Crippen molar-refractivity contribution < 1.29 is 4.79 Å². The van der Waals surface area contributed by atoms with Gasteiger partial charge in [0.1, 0.15) is 5.82 Å². The minimum Gasteiger partial charge on any atom is -0.340 e. The third-order valence-corrected chi connectivity index (χ3v) is 5.06. The zero-order chi connectivity index (χ0) is 22.8. The van der Waals surface area contributed by atoms with Gasteiger partial charge in [-0.1, -0.05) is 12.1 Å². The summed E-state index contributed by atoms with van der Waals surface area (Å²) in [6.07, 6.45) is 3.43. The largest absolute Gasteiger partial charge is 0.340 e. The van der Waals surface area contributed by atoms with E-state index in [4.69, 9.17) is 0 Å². The molecule has 0 aliphatic carbocycles. The number of nitrogens with zero attached hydrogens (tertiary/aromatic N) is 5. The number of anilines is 3. The molecule has 3 aromatic heterocycles. The Balaban J connectivity index is 1.38. The molecule has 0 unspecified atom stereocenters. The maximum atomic E-state index is 12.6. The summed E-state index contributed by atoms with van der Waals surface area (Å²) in [5.41, 5.74) is 4.86. The van der Waals surface area contributed by atoms with Gasteiger partial charge in [-0.2, -0.15) is 9.50 Å². The number of hydrogen-bond acceptors (Lipinski definition) is 6. The average Bonchev–Trinajstić information content (AvgIpc) is 3.24. The lowest BCUT2D eigenvalue weighted by atomic mass is 10.1. The third-order valence-electron chi connectivity index (χ3n) is 5.06. The van der Waals surface area contributed by atoms with Crippen LogP contribution < -0.4 is 10.6 Å². The van der Waals surface area contributed by atoms with E-state index in [0.717, 1.165) is 34.0 Å². The lowest BCUT2D eigenvalue weighted by Gasteiger charge is -2.10. The molecule has 0 saturated heterocycles. The predicted molar refractivity (Wildman–Crippen MR) is 128 cm³/mol. The van der Waals surface area contributed by atoms with Gasteiger partial charge >= 0.3 is 0 Å². The van der Waals surface area contributed by atoms with Gasteiger partial charge < -0.3 is 10.6 Å². The first-order valence-electron chi connectivity index (χ1n) is 10.4. The number of amides is 1. The first kappa shape index (κ1) is 20.3. The summed E-state index contributed by atoms with van der Waals surface area (Å²) in [4.78, 5) is 25.7. The Morgan fingerprint density at radius 3 is 2.52 bits per heavy atom. The average molecular weight is 435 g/mol. The molecule has 0 saturated carbocycles. The topological polar surface area (TPSA) is 97.1 Å². The van der Waals surface area contributed by atoms with Gasteiger partial charge in [0, 0.05) is 46.7 Å². The Bertz CT molecular complexity index is 1440. The molecule has 162 valence electrons. The van der Waals surface area contributed by atoms with Crippen LogP contribution in [0.3, 0.4) is 0 Å². The number of hydrogen-bond donors (Lipinski definition) is 2. The van der Waals surface area contributed by atoms with Gasteiger partial charge in [0.15, 0.2) is 5.82 Å². The van der Waals surface area contributed by atoms with Gasteiger partial charge in [0.2, 0.25) is 0 Å². The summed E-state index contributed by atoms with van der Waals surface area (Å²) in [6, 6.07) is 20.6. The monoisotopic (exact) mass is 435 g/mol. The fourth-order valence-electron chi connectivity index (χ4n) is 3.47. The number of fused-ring (bicyclic) bond motifs is 1. The smallest absolute Gasteiger partial charge is 0.255 e. The number of benzene rings is 2. The molecule has 2 N–H and O–H groups in total. The lowest BCUT2D eigenvalue weighted by Crippen LogP contribution is -2.11. The van der Waals surface area contributed by atoms with Crippen molar-refractivity contribution in [2.75, 3.05) is 10.6 Å². The highest BCUT2D eigenvalue weighted by molar-refractivity contribution is 6.04. The number of carbonyl (C=O) groups is 1. The third kappa shape index (κ3) is 4.40. The van der Waals surface area contributed by atoms with Crippen LogP contribution in [0.5, 0.6) is 0 Å². The zero-order valence-corrected chi connectivity index (χ0v) is 18.1. The van der Waals surface area contributed by atoms with E-state index in [2.05, 4.69) is 30.7 Å². The van der Waals surface area contributed by atoms with Crippen molar-refractivity contribution in [2.24, 2.45) is 0 Å². The van der Waals surface area contributed by atoms with Crippen LogP contribution in [0.15, 0.2) is 79.1 Å². The summed E-state index contributed by atoms with van der Waals surface area (Å²) in [5, 5.41) is 10.9. The van der Waals surface area contributed by atoms with Crippen LogP contribution in [0.25, 0.3) is 17.2 Å². The molecule has 0 aliphatic rings. The Morgan fingerprint density at radius 2 is 1.76 bits per heavy atom. The highest BCUT2D eigenvalue weighted by atomic mass is 16.1. The molecular formula is C25H21N7O. The first-order chi connectivity index (χ1) is 16.0. The number of aromatic nitrogens is 5. The van der Waals surface area contributed by atoms with Crippen LogP contribution in [0.4, 0.5) is 17.2 Å². The van der Waals surface area contributed by atoms with E-state index < -0.39 is 0 Å². The van der Waals surface area contributed by atoms with Crippen molar-refractivity contribution in [3.05, 3.63) is 95.9 Å². The second-order valence-electron chi connectivity index (χ2n) is 7.70. The molecule has 0 bridgehead atoms. The molecule has 8 heteroatoms. The molecule has 2 aromatic carbocycles. The lowest BCUT2D eigenvalue weighted by molar-refractivity contribution is 0.102. The Hall–Kier alpha value is -4.59. The molecule has 5 rings (SSSR count). The minimum atomic E-state index is -0.160. The highest BCUT2D eigenvalue weighted by Crippen LogP contribution is 2.22. The van der Waals surface area contributed by atoms with Gasteiger partial charge in [-0.25, -0.2) is 4.98 Å². The van der Waals surface area contributed by atoms with E-state index in [1.807, 2.05) is 68.4 Å². The van der Waals surface area contributed by atoms with Crippen LogP contribution in [-0.2, 0) is 0 Å². The number of carbonyl (C=O) groups excluding carboxylic acids is 1. The molecule has 0 spiro atoms. The maximum Gasteiger partial charge on any atom is 0.255 e. The van der Waals surface area contributed by atoms with Gasteiger partial charge in [-0.05, 0) is 67.9 Å². The van der Waals surface area contributed by atoms with Crippen molar-refractivity contribution in [2.45, 2.75) is 13.8 Å². The highest BCUT2D eigenvalue weighted by Gasteiger charge is 2.12. The SMILES string of the molecule is Cc1cccc(NC(=O)c2ccc(Nc3cc(C)nc4nc(-c5cccnc5)nn34)cc2)c1. The summed E-state index contributed by atoms with van der Waals surface area (Å²) in [5.74, 6) is 1.60. The molecule has 5 aromatic rings. The van der Waals surface area contributed by atoms with Crippen LogP contribution in [0, 0.1) is 13.8 Å². The molecule has 8 nitrogen and oxygen atoms in total. The molecule has 33 heavy (non-hydrogen) atoms. The van der Waals surface area contributed by atoms with Gasteiger partial charge in [-0.3, -0.25) is 9.78 Å². The summed E-state index contributed by atoms with van der Waals surface area (Å²) < 4.78 is 1.66. The van der Waals surface area contributed by atoms with E-state index in [1.165, 1.54) is 0 Å². The molecular weight excluding hydrogens is 414 g/mol. The summed E-state index contributed by atoms with van der Waals surface area (Å²) in [7, 11) is 0. The van der Waals surface area contributed by atoms with E-state index in [1.54, 1.807) is 29.0 Å². The van der Waals surface area contributed by atoms with E-state index in [0.29, 0.717) is 17.2 Å². The fraction of sp³-hybridized carbons (Fsp3) is 0.0800. The van der Waals surface area contributed by atoms with Crippen LogP contribution in [0.1, 0.15) is 21.6 Å². The number of pyridine rings is 1. The molecule has 1 amide bonds. The van der Waals surface area contributed by atoms with Gasteiger partial charge in [0.25, 0.3) is 11.7 Å². The Kier molecular flexibility index (Phi) is 5.24. The van der Waals surface area contributed by atoms with Crippen molar-refractivity contribution in [3.8, 4) is 11.4 Å². The van der Waals surface area contributed by atoms with Crippen LogP contribution in [0.2, 0.25) is 0 Å². The number of rotatable bonds is 5. The van der Waals surface area contributed by atoms with Crippen molar-refractivity contribution in [1.82, 2.24) is 24.6 Å². The van der Waals surface area contributed by atoms with Crippen molar-refractivity contribution in [1.29, 1.82) is 0 Å². The van der Waals surface area contributed by atoms with E-state index in [-0.39, 0.29) is 5.91 Å². The van der Waals surface area contributed by atoms with Gasteiger partial charge in [0.05, 0.1) is 0 Å². The normalized spacial score (nSPS) is 10.8. The molecule has 3 heterocycles. The van der Waals surface area contributed by atoms with Crippen LogP contribution in [-0.4, -0.2) is 30.5 Å². The molecule has 0 aliphatic heterocycles. The first-order valence-corrected chi connectivity index (χ1v) is 10.4. The Labute approximate surface area is 190 Å². The minimum absolute atomic E-state index is 0.160. The van der Waals surface area contributed by atoms with Gasteiger partial charge in [-0.15, -0.1) is 5.10 Å². The maximum absolute atomic E-state index is 12.6. The number of nitrogens with one attached hydrogen (secondary N) is 2. The number of aryl methyl sites for hydroxylation is 2. The molecule has 0 radical (unpaired) electrons. The van der Waals surface area contributed by atoms with Crippen LogP contribution >= 0.6 is 0 Å². The van der Waals surface area contributed by atoms with E-state index in [9.17, 15) is 4.79 Å². The summed E-state index contributed by atoms with van der Waals surface area (Å²) >= 11 is 0. The van der Waals surface area contributed by atoms with E-state index >= 15 is 0 Å². The quantitative estimate of drug-likeness (QED) is 0.412. The van der Waals surface area contributed by atoms with Crippen molar-refractivity contribution >= 4 is 28.9 Å². The Morgan fingerprint density at radius 1 is 0.909 bits per heavy atom. The fourth-order valence-corrected chi connectivity index (χ4v) is 3.47. The standard InChI is InChI=1S/C25H21N7O/c1-16-5-3-7-21(13-16)29-24(33)18-8-10-20(11-9-18)28-22-14-17(2)27-25-30-23(31-32(22)25)19-6-4-12-26-15-19/h3-15,28H,1-2H3,(H,29,33). The second-order valence-corrected chi connectivity index (χ2v) is 7.70. The molecule has 0 atom stereocenters. The van der Waals surface area contributed by atoms with Crippen molar-refractivity contribution in [3.63, 3.8) is 0 Å². The predicted octanol–water partition coefficient (Wildman–Crippen LogP) is 4.80. The summed E-state index contributed by atoms with van der Waals surface area (Å²) in [6.45, 7) is 3.89.